The van der Waals surface area contributed by atoms with E-state index in [1.54, 1.807) is 24.5 Å². The van der Waals surface area contributed by atoms with Gasteiger partial charge in [-0.25, -0.2) is 14.4 Å². The highest BCUT2D eigenvalue weighted by Gasteiger charge is 2.21. The number of benzene rings is 1. The molecule has 1 saturated heterocycles. The van der Waals surface area contributed by atoms with Crippen LogP contribution in [0.4, 0.5) is 10.2 Å². The van der Waals surface area contributed by atoms with Gasteiger partial charge in [-0.2, -0.15) is 0 Å². The van der Waals surface area contributed by atoms with Crippen LogP contribution in [0.25, 0.3) is 28.1 Å². The van der Waals surface area contributed by atoms with Crippen molar-refractivity contribution in [2.75, 3.05) is 31.2 Å². The molecule has 1 aliphatic rings. The largest absolute Gasteiger partial charge is 0.378 e. The lowest BCUT2D eigenvalue weighted by atomic mass is 10.1. The summed E-state index contributed by atoms with van der Waals surface area (Å²) in [4.78, 5) is 16.3. The first-order chi connectivity index (χ1) is 14.6. The highest BCUT2D eigenvalue weighted by molar-refractivity contribution is 5.83. The number of nitrogens with zero attached hydrogens (tertiary/aromatic N) is 5. The molecule has 0 radical (unpaired) electrons. The zero-order valence-corrected chi connectivity index (χ0v) is 17.0. The molecular weight excluding hydrogens is 381 g/mol. The molecule has 5 rings (SSSR count). The summed E-state index contributed by atoms with van der Waals surface area (Å²) in [5, 5.41) is 0. The standard InChI is InChI=1S/C23H22FN5O/c1-15-13-21(28-9-11-30-12-10-28)26-16(2)22(15)23-27-19-7-8-25-14-20(19)29(23)18-5-3-17(24)4-6-18/h3-8,13-14H,9-12H2,1-2H3. The molecule has 4 heterocycles. The van der Waals surface area contributed by atoms with Crippen LogP contribution in [0.15, 0.2) is 48.8 Å². The third-order valence-electron chi connectivity index (χ3n) is 5.48. The number of pyridine rings is 2. The molecule has 0 atom stereocenters. The Bertz CT molecular complexity index is 1190. The minimum absolute atomic E-state index is 0.272. The van der Waals surface area contributed by atoms with Crippen LogP contribution in [-0.2, 0) is 4.74 Å². The van der Waals surface area contributed by atoms with Gasteiger partial charge in [-0.05, 0) is 55.8 Å². The summed E-state index contributed by atoms with van der Waals surface area (Å²) < 4.78 is 21.0. The maximum atomic E-state index is 13.6. The van der Waals surface area contributed by atoms with Gasteiger partial charge in [0.2, 0.25) is 0 Å². The molecule has 7 heteroatoms. The van der Waals surface area contributed by atoms with Crippen LogP contribution in [0, 0.1) is 19.7 Å². The molecule has 0 unspecified atom stereocenters. The number of hydrogen-bond donors (Lipinski definition) is 0. The fourth-order valence-corrected chi connectivity index (χ4v) is 4.05. The Morgan fingerprint density at radius 2 is 1.77 bits per heavy atom. The quantitative estimate of drug-likeness (QED) is 0.516. The summed E-state index contributed by atoms with van der Waals surface area (Å²) >= 11 is 0. The van der Waals surface area contributed by atoms with Gasteiger partial charge in [0, 0.05) is 30.5 Å². The van der Waals surface area contributed by atoms with Crippen LogP contribution < -0.4 is 4.90 Å². The summed E-state index contributed by atoms with van der Waals surface area (Å²) in [7, 11) is 0. The molecule has 0 amide bonds. The summed E-state index contributed by atoms with van der Waals surface area (Å²) in [6, 6.07) is 10.4. The van der Waals surface area contributed by atoms with E-state index in [-0.39, 0.29) is 5.82 Å². The average Bonchev–Trinajstić information content (AvgIpc) is 3.13. The summed E-state index contributed by atoms with van der Waals surface area (Å²) in [5.74, 6) is 1.47. The highest BCUT2D eigenvalue weighted by atomic mass is 19.1. The summed E-state index contributed by atoms with van der Waals surface area (Å²) in [5.41, 5.74) is 5.51. The van der Waals surface area contributed by atoms with Gasteiger partial charge < -0.3 is 9.64 Å². The summed E-state index contributed by atoms with van der Waals surface area (Å²) in [6.45, 7) is 7.21. The molecule has 30 heavy (non-hydrogen) atoms. The third kappa shape index (κ3) is 3.21. The molecule has 0 N–H and O–H groups in total. The second-order valence-electron chi connectivity index (χ2n) is 7.47. The van der Waals surface area contributed by atoms with Crippen molar-refractivity contribution in [3.63, 3.8) is 0 Å². The van der Waals surface area contributed by atoms with E-state index in [0.29, 0.717) is 0 Å². The number of halogens is 1. The molecule has 4 aromatic rings. The van der Waals surface area contributed by atoms with Gasteiger partial charge in [0.15, 0.2) is 0 Å². The van der Waals surface area contributed by atoms with Crippen LogP contribution in [0.2, 0.25) is 0 Å². The first-order valence-corrected chi connectivity index (χ1v) is 10.0. The maximum absolute atomic E-state index is 13.6. The van der Waals surface area contributed by atoms with E-state index >= 15 is 0 Å². The van der Waals surface area contributed by atoms with Crippen LogP contribution >= 0.6 is 0 Å². The van der Waals surface area contributed by atoms with E-state index in [0.717, 1.165) is 71.5 Å². The molecule has 0 spiro atoms. The van der Waals surface area contributed by atoms with Crippen LogP contribution in [0.1, 0.15) is 11.3 Å². The van der Waals surface area contributed by atoms with Gasteiger partial charge in [0.05, 0.1) is 36.1 Å². The van der Waals surface area contributed by atoms with Gasteiger partial charge in [0.1, 0.15) is 17.5 Å². The van der Waals surface area contributed by atoms with Crippen molar-refractivity contribution < 1.29 is 9.13 Å². The zero-order valence-electron chi connectivity index (χ0n) is 17.0. The van der Waals surface area contributed by atoms with E-state index < -0.39 is 0 Å². The molecule has 6 nitrogen and oxygen atoms in total. The van der Waals surface area contributed by atoms with Gasteiger partial charge in [0.25, 0.3) is 0 Å². The SMILES string of the molecule is Cc1cc(N2CCOCC2)nc(C)c1-c1nc2ccncc2n1-c1ccc(F)cc1. The number of ether oxygens (including phenoxy) is 1. The van der Waals surface area contributed by atoms with Crippen molar-refractivity contribution in [3.05, 3.63) is 65.9 Å². The van der Waals surface area contributed by atoms with Crippen LogP contribution in [0.3, 0.4) is 0 Å². The van der Waals surface area contributed by atoms with Crippen molar-refractivity contribution in [1.82, 2.24) is 19.5 Å². The number of aromatic nitrogens is 4. The van der Waals surface area contributed by atoms with E-state index in [4.69, 9.17) is 14.7 Å². The third-order valence-corrected chi connectivity index (χ3v) is 5.48. The van der Waals surface area contributed by atoms with E-state index in [2.05, 4.69) is 22.9 Å². The monoisotopic (exact) mass is 403 g/mol. The van der Waals surface area contributed by atoms with Crippen LogP contribution in [-0.4, -0.2) is 45.8 Å². The molecule has 0 saturated carbocycles. The average molecular weight is 403 g/mol. The van der Waals surface area contributed by atoms with E-state index in [9.17, 15) is 4.39 Å². The fourth-order valence-electron chi connectivity index (χ4n) is 4.05. The Morgan fingerprint density at radius 3 is 2.50 bits per heavy atom. The van der Waals surface area contributed by atoms with Gasteiger partial charge in [-0.3, -0.25) is 9.55 Å². The second-order valence-corrected chi connectivity index (χ2v) is 7.47. The van der Waals surface area contributed by atoms with Gasteiger partial charge >= 0.3 is 0 Å². The molecule has 3 aromatic heterocycles. The molecule has 1 aliphatic heterocycles. The molecule has 152 valence electrons. The Labute approximate surface area is 174 Å². The van der Waals surface area contributed by atoms with Crippen molar-refractivity contribution in [2.45, 2.75) is 13.8 Å². The number of imidazole rings is 1. The first kappa shape index (κ1) is 18.7. The van der Waals surface area contributed by atoms with Crippen molar-refractivity contribution in [1.29, 1.82) is 0 Å². The molecule has 0 aliphatic carbocycles. The first-order valence-electron chi connectivity index (χ1n) is 10.0. The minimum atomic E-state index is -0.272. The second kappa shape index (κ2) is 7.50. The molecule has 1 aromatic carbocycles. The number of morpholine rings is 1. The molecule has 1 fully saturated rings. The van der Waals surface area contributed by atoms with E-state index in [1.165, 1.54) is 12.1 Å². The molecular formula is C23H22FN5O. The lowest BCUT2D eigenvalue weighted by Gasteiger charge is -2.28. The number of fused-ring (bicyclic) bond motifs is 1. The Balaban J connectivity index is 1.70. The summed E-state index contributed by atoms with van der Waals surface area (Å²) in [6.07, 6.45) is 3.52. The number of anilines is 1. The number of rotatable bonds is 3. The van der Waals surface area contributed by atoms with Crippen molar-refractivity contribution in [2.24, 2.45) is 0 Å². The normalized spacial score (nSPS) is 14.4. The Hall–Kier alpha value is -3.32. The van der Waals surface area contributed by atoms with E-state index in [1.807, 2.05) is 17.6 Å². The maximum Gasteiger partial charge on any atom is 0.147 e. The van der Waals surface area contributed by atoms with Gasteiger partial charge in [-0.1, -0.05) is 0 Å². The van der Waals surface area contributed by atoms with Crippen molar-refractivity contribution >= 4 is 16.9 Å². The van der Waals surface area contributed by atoms with Crippen LogP contribution in [0.5, 0.6) is 0 Å². The Morgan fingerprint density at radius 1 is 1.00 bits per heavy atom. The lowest BCUT2D eigenvalue weighted by Crippen LogP contribution is -2.36. The Kier molecular flexibility index (Phi) is 4.67. The number of aryl methyl sites for hydroxylation is 2. The smallest absolute Gasteiger partial charge is 0.147 e. The lowest BCUT2D eigenvalue weighted by molar-refractivity contribution is 0.122. The highest BCUT2D eigenvalue weighted by Crippen LogP contribution is 2.33. The van der Waals surface area contributed by atoms with Crippen molar-refractivity contribution in [3.8, 4) is 17.1 Å². The predicted octanol–water partition coefficient (Wildman–Crippen LogP) is 4.08. The van der Waals surface area contributed by atoms with Gasteiger partial charge in [-0.15, -0.1) is 0 Å². The predicted molar refractivity (Wildman–Crippen MR) is 115 cm³/mol. The zero-order chi connectivity index (χ0) is 20.7. The minimum Gasteiger partial charge on any atom is -0.378 e. The fraction of sp³-hybridized carbons (Fsp3) is 0.261. The molecule has 0 bridgehead atoms. The number of hydrogen-bond acceptors (Lipinski definition) is 5. The topological polar surface area (TPSA) is 56.1 Å².